The highest BCUT2D eigenvalue weighted by atomic mass is 79.9. The number of aromatic amines is 2. The van der Waals surface area contributed by atoms with Gasteiger partial charge in [-0.1, -0.05) is 0 Å². The molecular formula is C8H7BrN2O. The van der Waals surface area contributed by atoms with Crippen molar-refractivity contribution in [3.05, 3.63) is 32.7 Å². The Morgan fingerprint density at radius 2 is 2.25 bits per heavy atom. The van der Waals surface area contributed by atoms with Crippen LogP contribution in [0.15, 0.2) is 21.5 Å². The summed E-state index contributed by atoms with van der Waals surface area (Å²) in [5, 5.41) is 0.696. The van der Waals surface area contributed by atoms with Crippen LogP contribution in [0, 0.1) is 6.92 Å². The Labute approximate surface area is 76.9 Å². The molecule has 2 aromatic rings. The molecule has 2 N–H and O–H groups in total. The molecule has 0 aromatic carbocycles. The fourth-order valence-corrected chi connectivity index (χ4v) is 1.54. The van der Waals surface area contributed by atoms with Gasteiger partial charge in [0.2, 0.25) is 5.43 Å². The van der Waals surface area contributed by atoms with Crippen molar-refractivity contribution in [3.8, 4) is 0 Å². The highest BCUT2D eigenvalue weighted by Gasteiger charge is 2.03. The van der Waals surface area contributed by atoms with Crippen LogP contribution in [0.5, 0.6) is 0 Å². The predicted octanol–water partition coefficient (Wildman–Crippen LogP) is 1.93. The van der Waals surface area contributed by atoms with E-state index >= 15 is 0 Å². The number of aromatic nitrogens is 2. The first-order chi connectivity index (χ1) is 5.68. The van der Waals surface area contributed by atoms with Crippen molar-refractivity contribution < 1.29 is 0 Å². The minimum Gasteiger partial charge on any atom is -0.346 e. The molecule has 2 aromatic heterocycles. The number of halogens is 1. The molecule has 0 aliphatic rings. The average Bonchev–Trinajstić information content (AvgIpc) is 2.39. The van der Waals surface area contributed by atoms with E-state index in [-0.39, 0.29) is 5.43 Å². The summed E-state index contributed by atoms with van der Waals surface area (Å²) in [5.41, 5.74) is 1.78. The fourth-order valence-electron chi connectivity index (χ4n) is 1.21. The van der Waals surface area contributed by atoms with Crippen molar-refractivity contribution in [3.63, 3.8) is 0 Å². The van der Waals surface area contributed by atoms with Gasteiger partial charge in [0.25, 0.3) is 0 Å². The summed E-state index contributed by atoms with van der Waals surface area (Å²) in [4.78, 5) is 17.5. The van der Waals surface area contributed by atoms with Gasteiger partial charge in [-0.15, -0.1) is 0 Å². The number of fused-ring (bicyclic) bond motifs is 1. The van der Waals surface area contributed by atoms with Gasteiger partial charge in [0.1, 0.15) is 5.65 Å². The Morgan fingerprint density at radius 3 is 3.00 bits per heavy atom. The van der Waals surface area contributed by atoms with Gasteiger partial charge in [0, 0.05) is 11.9 Å². The van der Waals surface area contributed by atoms with Crippen LogP contribution in [0.1, 0.15) is 5.69 Å². The van der Waals surface area contributed by atoms with Crippen molar-refractivity contribution in [1.82, 2.24) is 9.97 Å². The number of pyridine rings is 1. The first-order valence-corrected chi connectivity index (χ1v) is 4.34. The van der Waals surface area contributed by atoms with E-state index in [1.807, 2.05) is 13.0 Å². The minimum atomic E-state index is 0.0214. The van der Waals surface area contributed by atoms with Gasteiger partial charge in [-0.2, -0.15) is 0 Å². The number of aryl methyl sites for hydroxylation is 1. The molecule has 3 nitrogen and oxygen atoms in total. The molecule has 0 radical (unpaired) electrons. The van der Waals surface area contributed by atoms with Crippen LogP contribution in [0.4, 0.5) is 0 Å². The predicted molar refractivity (Wildman–Crippen MR) is 51.4 cm³/mol. The molecule has 0 amide bonds. The second kappa shape index (κ2) is 2.48. The zero-order valence-electron chi connectivity index (χ0n) is 6.44. The van der Waals surface area contributed by atoms with Gasteiger partial charge >= 0.3 is 0 Å². The lowest BCUT2D eigenvalue weighted by atomic mass is 10.3. The van der Waals surface area contributed by atoms with Gasteiger partial charge in [0.05, 0.1) is 9.86 Å². The van der Waals surface area contributed by atoms with E-state index < -0.39 is 0 Å². The quantitative estimate of drug-likeness (QED) is 0.709. The Bertz CT molecular complexity index is 483. The molecule has 4 heteroatoms. The van der Waals surface area contributed by atoms with Crippen LogP contribution in [0.25, 0.3) is 11.0 Å². The topological polar surface area (TPSA) is 48.6 Å². The van der Waals surface area contributed by atoms with E-state index in [4.69, 9.17) is 0 Å². The van der Waals surface area contributed by atoms with Crippen LogP contribution in [-0.2, 0) is 0 Å². The van der Waals surface area contributed by atoms with Crippen LogP contribution in [0.3, 0.4) is 0 Å². The van der Waals surface area contributed by atoms with E-state index in [0.29, 0.717) is 9.86 Å². The van der Waals surface area contributed by atoms with E-state index in [1.165, 1.54) is 0 Å². The van der Waals surface area contributed by atoms with E-state index in [0.717, 1.165) is 11.3 Å². The van der Waals surface area contributed by atoms with Crippen molar-refractivity contribution in [2.45, 2.75) is 6.92 Å². The summed E-state index contributed by atoms with van der Waals surface area (Å²) in [6.45, 7) is 1.92. The van der Waals surface area contributed by atoms with Gasteiger partial charge in [-0.25, -0.2) is 0 Å². The molecular weight excluding hydrogens is 220 g/mol. The van der Waals surface area contributed by atoms with Crippen molar-refractivity contribution in [2.75, 3.05) is 0 Å². The van der Waals surface area contributed by atoms with Gasteiger partial charge < -0.3 is 9.97 Å². The molecule has 62 valence electrons. The van der Waals surface area contributed by atoms with Crippen molar-refractivity contribution >= 4 is 27.0 Å². The third-order valence-electron chi connectivity index (χ3n) is 1.76. The van der Waals surface area contributed by atoms with Crippen LogP contribution in [-0.4, -0.2) is 9.97 Å². The lowest BCUT2D eigenvalue weighted by Crippen LogP contribution is -2.01. The average molecular weight is 227 g/mol. The maximum atomic E-state index is 11.5. The molecule has 0 unspecified atom stereocenters. The van der Waals surface area contributed by atoms with Crippen LogP contribution in [0.2, 0.25) is 0 Å². The monoisotopic (exact) mass is 226 g/mol. The summed E-state index contributed by atoms with van der Waals surface area (Å²) in [7, 11) is 0. The number of hydrogen-bond acceptors (Lipinski definition) is 1. The lowest BCUT2D eigenvalue weighted by Gasteiger charge is -1.89. The molecule has 0 aliphatic carbocycles. The zero-order chi connectivity index (χ0) is 8.72. The Balaban J connectivity index is 2.99. The zero-order valence-corrected chi connectivity index (χ0v) is 8.03. The molecule has 2 heterocycles. The summed E-state index contributed by atoms with van der Waals surface area (Å²) >= 11 is 3.17. The molecule has 0 fully saturated rings. The Kier molecular flexibility index (Phi) is 1.58. The summed E-state index contributed by atoms with van der Waals surface area (Å²) in [6, 6.07) is 1.83. The van der Waals surface area contributed by atoms with Gasteiger partial charge in [-0.3, -0.25) is 4.79 Å². The smallest absolute Gasteiger partial charge is 0.205 e. The van der Waals surface area contributed by atoms with Gasteiger partial charge in [-0.05, 0) is 28.9 Å². The van der Waals surface area contributed by atoms with E-state index in [1.54, 1.807) is 6.20 Å². The summed E-state index contributed by atoms with van der Waals surface area (Å²) in [5.74, 6) is 0. The standard InChI is InChI=1S/C8H7BrN2O/c1-4-2-5-7(12)6(9)3-10-8(5)11-4/h2-3H,1H3,(H2,10,11,12). The number of H-pyrrole nitrogens is 2. The van der Waals surface area contributed by atoms with Crippen molar-refractivity contribution in [1.29, 1.82) is 0 Å². The first kappa shape index (κ1) is 7.61. The Morgan fingerprint density at radius 1 is 1.50 bits per heavy atom. The third kappa shape index (κ3) is 0.992. The molecule has 0 saturated heterocycles. The third-order valence-corrected chi connectivity index (χ3v) is 2.35. The fraction of sp³-hybridized carbons (Fsp3) is 0.125. The van der Waals surface area contributed by atoms with E-state index in [9.17, 15) is 4.79 Å². The molecule has 0 atom stereocenters. The normalized spacial score (nSPS) is 10.8. The first-order valence-electron chi connectivity index (χ1n) is 3.55. The molecule has 2 rings (SSSR count). The molecule has 0 aliphatic heterocycles. The van der Waals surface area contributed by atoms with Crippen LogP contribution < -0.4 is 5.43 Å². The highest BCUT2D eigenvalue weighted by Crippen LogP contribution is 2.11. The summed E-state index contributed by atoms with van der Waals surface area (Å²) in [6.07, 6.45) is 1.64. The molecule has 0 bridgehead atoms. The second-order valence-corrected chi connectivity index (χ2v) is 3.56. The van der Waals surface area contributed by atoms with Crippen LogP contribution >= 0.6 is 15.9 Å². The number of nitrogens with one attached hydrogen (secondary N) is 2. The SMILES string of the molecule is Cc1cc2c(=O)c(Br)c[nH]c2[nH]1. The minimum absolute atomic E-state index is 0.0214. The highest BCUT2D eigenvalue weighted by molar-refractivity contribution is 9.10. The number of hydrogen-bond donors (Lipinski definition) is 2. The molecule has 0 saturated carbocycles. The maximum Gasteiger partial charge on any atom is 0.205 e. The second-order valence-electron chi connectivity index (χ2n) is 2.71. The summed E-state index contributed by atoms with van der Waals surface area (Å²) < 4.78 is 0.564. The van der Waals surface area contributed by atoms with E-state index in [2.05, 4.69) is 25.9 Å². The molecule has 0 spiro atoms. The maximum absolute atomic E-state index is 11.5. The Hall–Kier alpha value is -1.03. The largest absolute Gasteiger partial charge is 0.346 e. The van der Waals surface area contributed by atoms with Gasteiger partial charge in [0.15, 0.2) is 0 Å². The molecule has 12 heavy (non-hydrogen) atoms. The lowest BCUT2D eigenvalue weighted by molar-refractivity contribution is 1.24. The number of rotatable bonds is 0. The van der Waals surface area contributed by atoms with Crippen molar-refractivity contribution in [2.24, 2.45) is 0 Å².